The third kappa shape index (κ3) is 4.85. The molecule has 194 valence electrons. The van der Waals surface area contributed by atoms with Crippen LogP contribution in [-0.4, -0.2) is 27.0 Å². The summed E-state index contributed by atoms with van der Waals surface area (Å²) >= 11 is 4.57. The molecule has 5 aromatic rings. The maximum atomic E-state index is 14.1. The second kappa shape index (κ2) is 10.5. The summed E-state index contributed by atoms with van der Waals surface area (Å²) in [5.74, 6) is -2.00. The number of carbonyl (C=O) groups excluding carboxylic acids is 2. The standard InChI is InChI=1S/C28H17FIN3O4S2/c29-19-7-3-1-6-17(19)14-38-28-32-31-27(39-28)33-23(15-9-11-18(30)12-10-15)22(25(35)26(33)36)24(34)21-13-16-5-2-4-8-20(16)37-21/h1-13,23,35H,14H2. The van der Waals surface area contributed by atoms with Crippen molar-refractivity contribution in [3.8, 4) is 0 Å². The molecule has 3 aromatic carbocycles. The lowest BCUT2D eigenvalue weighted by molar-refractivity contribution is -0.117. The molecule has 1 amide bonds. The number of aliphatic hydroxyl groups is 1. The number of halogens is 2. The number of ketones is 1. The highest BCUT2D eigenvalue weighted by molar-refractivity contribution is 14.1. The summed E-state index contributed by atoms with van der Waals surface area (Å²) in [5.41, 5.74) is 1.55. The van der Waals surface area contributed by atoms with E-state index < -0.39 is 23.5 Å². The number of furan rings is 1. The van der Waals surface area contributed by atoms with Gasteiger partial charge in [-0.05, 0) is 64.0 Å². The first-order chi connectivity index (χ1) is 18.9. The van der Waals surface area contributed by atoms with Crippen LogP contribution in [-0.2, 0) is 10.5 Å². The van der Waals surface area contributed by atoms with Gasteiger partial charge in [0.1, 0.15) is 11.4 Å². The molecule has 0 radical (unpaired) electrons. The number of rotatable bonds is 7. The Hall–Kier alpha value is -3.55. The highest BCUT2D eigenvalue weighted by Gasteiger charge is 2.46. The van der Waals surface area contributed by atoms with Crippen LogP contribution in [0.5, 0.6) is 0 Å². The van der Waals surface area contributed by atoms with Crippen LogP contribution < -0.4 is 4.90 Å². The van der Waals surface area contributed by atoms with Gasteiger partial charge in [-0.1, -0.05) is 71.6 Å². The number of aliphatic hydroxyl groups excluding tert-OH is 1. The molecule has 0 saturated carbocycles. The number of fused-ring (bicyclic) bond motifs is 1. The van der Waals surface area contributed by atoms with Gasteiger partial charge in [0, 0.05) is 14.7 Å². The normalized spacial score (nSPS) is 15.5. The van der Waals surface area contributed by atoms with Crippen LogP contribution in [0.2, 0.25) is 0 Å². The van der Waals surface area contributed by atoms with Gasteiger partial charge >= 0.3 is 0 Å². The van der Waals surface area contributed by atoms with E-state index in [-0.39, 0.29) is 22.3 Å². The Bertz CT molecular complexity index is 1730. The van der Waals surface area contributed by atoms with Crippen LogP contribution in [0.25, 0.3) is 11.0 Å². The predicted octanol–water partition coefficient (Wildman–Crippen LogP) is 7.10. The molecule has 1 unspecified atom stereocenters. The van der Waals surface area contributed by atoms with E-state index in [1.165, 1.54) is 22.7 Å². The Morgan fingerprint density at radius 1 is 1.08 bits per heavy atom. The summed E-state index contributed by atoms with van der Waals surface area (Å²) in [6.45, 7) is 0. The van der Waals surface area contributed by atoms with Crippen molar-refractivity contribution in [3.63, 3.8) is 0 Å². The minimum Gasteiger partial charge on any atom is -0.503 e. The lowest BCUT2D eigenvalue weighted by atomic mass is 9.95. The number of Topliss-reactive ketones (excluding diaryl/α,β-unsaturated/α-hetero) is 1. The van der Waals surface area contributed by atoms with Crippen LogP contribution in [0.15, 0.2) is 99.0 Å². The first-order valence-electron chi connectivity index (χ1n) is 11.7. The smallest absolute Gasteiger partial charge is 0.296 e. The number of benzene rings is 3. The van der Waals surface area contributed by atoms with E-state index in [9.17, 15) is 19.1 Å². The molecule has 11 heteroatoms. The number of hydrogen-bond acceptors (Lipinski definition) is 8. The van der Waals surface area contributed by atoms with Crippen molar-refractivity contribution in [3.05, 3.63) is 116 Å². The van der Waals surface area contributed by atoms with Crippen LogP contribution in [0.1, 0.15) is 27.7 Å². The number of anilines is 1. The van der Waals surface area contributed by atoms with Crippen molar-refractivity contribution in [2.24, 2.45) is 0 Å². The quantitative estimate of drug-likeness (QED) is 0.0855. The molecule has 39 heavy (non-hydrogen) atoms. The molecular weight excluding hydrogens is 652 g/mol. The van der Waals surface area contributed by atoms with E-state index in [1.807, 2.05) is 24.3 Å². The molecule has 0 aliphatic carbocycles. The largest absolute Gasteiger partial charge is 0.503 e. The Balaban J connectivity index is 1.36. The van der Waals surface area contributed by atoms with Gasteiger partial charge in [-0.3, -0.25) is 14.5 Å². The number of hydrogen-bond donors (Lipinski definition) is 1. The van der Waals surface area contributed by atoms with Crippen LogP contribution in [0, 0.1) is 9.39 Å². The SMILES string of the molecule is O=C(C1=C(O)C(=O)N(c2nnc(SCc3ccccc3F)s2)C1c1ccc(I)cc1)c1cc2ccccc2o1. The molecule has 0 saturated heterocycles. The van der Waals surface area contributed by atoms with Gasteiger partial charge in [0.2, 0.25) is 10.9 Å². The van der Waals surface area contributed by atoms with Crippen molar-refractivity contribution in [1.29, 1.82) is 0 Å². The average molecular weight is 669 g/mol. The summed E-state index contributed by atoms with van der Waals surface area (Å²) in [5, 5.41) is 20.3. The van der Waals surface area contributed by atoms with Gasteiger partial charge in [0.05, 0.1) is 11.6 Å². The number of thioether (sulfide) groups is 1. The van der Waals surface area contributed by atoms with E-state index in [1.54, 1.807) is 48.5 Å². The zero-order valence-electron chi connectivity index (χ0n) is 19.9. The monoisotopic (exact) mass is 669 g/mol. The van der Waals surface area contributed by atoms with Crippen LogP contribution in [0.3, 0.4) is 0 Å². The molecule has 7 nitrogen and oxygen atoms in total. The Morgan fingerprint density at radius 2 is 1.82 bits per heavy atom. The lowest BCUT2D eigenvalue weighted by Gasteiger charge is -2.23. The maximum Gasteiger partial charge on any atom is 0.296 e. The molecule has 3 heterocycles. The van der Waals surface area contributed by atoms with Crippen molar-refractivity contribution in [2.75, 3.05) is 4.90 Å². The van der Waals surface area contributed by atoms with Crippen molar-refractivity contribution in [1.82, 2.24) is 10.2 Å². The second-order valence-electron chi connectivity index (χ2n) is 8.60. The fourth-order valence-corrected chi connectivity index (χ4v) is 6.55. The van der Waals surface area contributed by atoms with Gasteiger partial charge in [0.25, 0.3) is 5.91 Å². The van der Waals surface area contributed by atoms with Crippen molar-refractivity contribution >= 4 is 73.5 Å². The average Bonchev–Trinajstić information content (AvgIpc) is 3.65. The summed E-state index contributed by atoms with van der Waals surface area (Å²) in [7, 11) is 0. The van der Waals surface area contributed by atoms with E-state index in [0.29, 0.717) is 26.8 Å². The molecule has 6 rings (SSSR count). The van der Waals surface area contributed by atoms with Gasteiger partial charge in [-0.15, -0.1) is 10.2 Å². The predicted molar refractivity (Wildman–Crippen MR) is 155 cm³/mol. The van der Waals surface area contributed by atoms with Gasteiger partial charge in [-0.25, -0.2) is 4.39 Å². The van der Waals surface area contributed by atoms with Crippen molar-refractivity contribution in [2.45, 2.75) is 16.1 Å². The third-order valence-corrected chi connectivity index (χ3v) is 9.02. The van der Waals surface area contributed by atoms with E-state index in [4.69, 9.17) is 4.42 Å². The highest BCUT2D eigenvalue weighted by Crippen LogP contribution is 2.44. The minimum absolute atomic E-state index is 0.0151. The molecule has 1 atom stereocenters. The molecule has 0 bridgehead atoms. The van der Waals surface area contributed by atoms with E-state index >= 15 is 0 Å². The number of aromatic nitrogens is 2. The molecule has 0 spiro atoms. The molecule has 0 fully saturated rings. The number of amides is 1. The Kier molecular flexibility index (Phi) is 6.95. The number of para-hydroxylation sites is 1. The summed E-state index contributed by atoms with van der Waals surface area (Å²) in [6.07, 6.45) is 0. The van der Waals surface area contributed by atoms with Crippen LogP contribution >= 0.6 is 45.7 Å². The topological polar surface area (TPSA) is 96.5 Å². The lowest BCUT2D eigenvalue weighted by Crippen LogP contribution is -2.31. The third-order valence-electron chi connectivity index (χ3n) is 6.20. The van der Waals surface area contributed by atoms with Gasteiger partial charge in [-0.2, -0.15) is 0 Å². The molecule has 1 N–H and O–H groups in total. The molecule has 1 aliphatic rings. The van der Waals surface area contributed by atoms with Gasteiger partial charge < -0.3 is 9.52 Å². The first kappa shape index (κ1) is 25.7. The fourth-order valence-electron chi connectivity index (χ4n) is 4.33. The molecular formula is C28H17FIN3O4S2. The van der Waals surface area contributed by atoms with Crippen LogP contribution in [0.4, 0.5) is 9.52 Å². The summed E-state index contributed by atoms with van der Waals surface area (Å²) < 4.78 is 21.3. The maximum absolute atomic E-state index is 14.1. The molecule has 2 aromatic heterocycles. The minimum atomic E-state index is -0.951. The number of carbonyl (C=O) groups is 2. The zero-order valence-corrected chi connectivity index (χ0v) is 23.7. The highest BCUT2D eigenvalue weighted by atomic mass is 127. The summed E-state index contributed by atoms with van der Waals surface area (Å²) in [4.78, 5) is 28.4. The van der Waals surface area contributed by atoms with Crippen molar-refractivity contribution < 1.29 is 23.5 Å². The van der Waals surface area contributed by atoms with E-state index in [0.717, 1.165) is 20.3 Å². The van der Waals surface area contributed by atoms with E-state index in [2.05, 4.69) is 32.8 Å². The van der Waals surface area contributed by atoms with Gasteiger partial charge in [0.15, 0.2) is 15.9 Å². The molecule has 1 aliphatic heterocycles. The number of nitrogens with zero attached hydrogens (tertiary/aromatic N) is 3. The summed E-state index contributed by atoms with van der Waals surface area (Å²) in [6, 6.07) is 21.6. The fraction of sp³-hybridized carbons (Fsp3) is 0.0714. The Labute approximate surface area is 243 Å². The Morgan fingerprint density at radius 3 is 2.59 bits per heavy atom. The first-order valence-corrected chi connectivity index (χ1v) is 14.5. The zero-order chi connectivity index (χ0) is 27.1. The second-order valence-corrected chi connectivity index (χ2v) is 12.0.